The third kappa shape index (κ3) is 7.36. The number of rotatable bonds is 9. The first-order chi connectivity index (χ1) is 14.3. The van der Waals surface area contributed by atoms with E-state index in [4.69, 9.17) is 11.6 Å². The number of likely N-dealkylation sites (N-methyl/N-ethyl adjacent to an activating group) is 1. The molecule has 0 saturated heterocycles. The van der Waals surface area contributed by atoms with Crippen molar-refractivity contribution in [2.24, 2.45) is 12.0 Å². The van der Waals surface area contributed by atoms with E-state index in [0.29, 0.717) is 0 Å². The van der Waals surface area contributed by atoms with Crippen molar-refractivity contribution in [3.8, 4) is 0 Å². The van der Waals surface area contributed by atoms with Crippen LogP contribution in [0.1, 0.15) is 49.3 Å². The minimum Gasteiger partial charge on any atom is -0.354 e. The van der Waals surface area contributed by atoms with Gasteiger partial charge >= 0.3 is 0 Å². The zero-order valence-electron chi connectivity index (χ0n) is 19.9. The molecule has 1 heterocycles. The van der Waals surface area contributed by atoms with Crippen LogP contribution in [0.4, 0.5) is 0 Å². The van der Waals surface area contributed by atoms with E-state index in [2.05, 4.69) is 66.3 Å². The Hall–Kier alpha value is -1.32. The van der Waals surface area contributed by atoms with Gasteiger partial charge in [-0.3, -0.25) is 14.6 Å². The van der Waals surface area contributed by atoms with E-state index in [9.17, 15) is 0 Å². The lowest BCUT2D eigenvalue weighted by Crippen LogP contribution is -2.46. The van der Waals surface area contributed by atoms with Gasteiger partial charge in [-0.15, -0.1) is 24.0 Å². The first-order valence-corrected chi connectivity index (χ1v) is 11.1. The second-order valence-corrected chi connectivity index (χ2v) is 8.14. The molecule has 0 radical (unpaired) electrons. The molecule has 0 spiro atoms. The summed E-state index contributed by atoms with van der Waals surface area (Å²) in [4.78, 5) is 6.85. The zero-order chi connectivity index (χ0) is 22.3. The van der Waals surface area contributed by atoms with E-state index in [1.807, 2.05) is 37.0 Å². The molecule has 1 aromatic heterocycles. The van der Waals surface area contributed by atoms with Crippen LogP contribution in [0.5, 0.6) is 0 Å². The maximum absolute atomic E-state index is 6.52. The van der Waals surface area contributed by atoms with E-state index in [1.54, 1.807) is 0 Å². The molecule has 2 atom stereocenters. The molecule has 174 valence electrons. The Morgan fingerprint density at radius 1 is 1.23 bits per heavy atom. The van der Waals surface area contributed by atoms with Gasteiger partial charge in [0.25, 0.3) is 0 Å². The molecule has 2 rings (SSSR count). The van der Waals surface area contributed by atoms with Crippen molar-refractivity contribution in [2.45, 2.75) is 53.1 Å². The van der Waals surface area contributed by atoms with Gasteiger partial charge in [-0.05, 0) is 57.5 Å². The summed E-state index contributed by atoms with van der Waals surface area (Å²) in [6.45, 7) is 13.4. The van der Waals surface area contributed by atoms with Crippen LogP contribution in [0.25, 0.3) is 0 Å². The van der Waals surface area contributed by atoms with Gasteiger partial charge < -0.3 is 10.6 Å². The highest BCUT2D eigenvalue weighted by Crippen LogP contribution is 2.27. The lowest BCUT2D eigenvalue weighted by Gasteiger charge is -2.31. The fraction of sp³-hybridized carbons (Fsp3) is 0.565. The van der Waals surface area contributed by atoms with Crippen molar-refractivity contribution in [3.63, 3.8) is 0 Å². The van der Waals surface area contributed by atoms with Gasteiger partial charge in [-0.1, -0.05) is 43.6 Å². The number of aromatic nitrogens is 2. The van der Waals surface area contributed by atoms with E-state index >= 15 is 0 Å². The van der Waals surface area contributed by atoms with Gasteiger partial charge in [0.1, 0.15) is 0 Å². The minimum atomic E-state index is 0. The van der Waals surface area contributed by atoms with Gasteiger partial charge in [-0.25, -0.2) is 0 Å². The fourth-order valence-electron chi connectivity index (χ4n) is 3.94. The average Bonchev–Trinajstić information content (AvgIpc) is 2.96. The predicted molar refractivity (Wildman–Crippen MR) is 143 cm³/mol. The number of aliphatic imine (C=N–C) groups is 1. The highest BCUT2D eigenvalue weighted by molar-refractivity contribution is 14.0. The average molecular weight is 561 g/mol. The summed E-state index contributed by atoms with van der Waals surface area (Å²) in [6, 6.07) is 8.49. The summed E-state index contributed by atoms with van der Waals surface area (Å²) in [6.07, 6.45) is 0.899. The molecule has 0 aliphatic carbocycles. The molecule has 2 aromatic rings. The Labute approximate surface area is 209 Å². The SMILES string of the molecule is CCN(CC)C(CNC(=NC)NC(C)Cc1c(C)nn(C)c1C)c1ccccc1Cl.I. The van der Waals surface area contributed by atoms with Crippen molar-refractivity contribution in [1.29, 1.82) is 0 Å². The smallest absolute Gasteiger partial charge is 0.191 e. The monoisotopic (exact) mass is 560 g/mol. The standard InChI is InChI=1S/C23H37ClN6.HI/c1-8-30(9-2)22(19-12-10-11-13-21(19)24)15-26-23(25-6)27-16(3)14-20-17(4)28-29(7)18(20)5;/h10-13,16,22H,8-9,14-15H2,1-7H3,(H2,25,26,27);1H. The lowest BCUT2D eigenvalue weighted by molar-refractivity contribution is 0.219. The maximum atomic E-state index is 6.52. The van der Waals surface area contributed by atoms with Crippen LogP contribution in [0, 0.1) is 13.8 Å². The molecular weight excluding hydrogens is 523 g/mol. The second-order valence-electron chi connectivity index (χ2n) is 7.73. The first-order valence-electron chi connectivity index (χ1n) is 10.8. The maximum Gasteiger partial charge on any atom is 0.191 e. The zero-order valence-corrected chi connectivity index (χ0v) is 23.0. The summed E-state index contributed by atoms with van der Waals surface area (Å²) in [5, 5.41) is 12.4. The molecule has 2 N–H and O–H groups in total. The Balaban J connectivity index is 0.00000480. The Morgan fingerprint density at radius 3 is 2.39 bits per heavy atom. The molecule has 2 unspecified atom stereocenters. The number of halogens is 2. The Bertz CT molecular complexity index is 847. The molecule has 0 bridgehead atoms. The topological polar surface area (TPSA) is 57.5 Å². The molecule has 0 amide bonds. The number of benzene rings is 1. The van der Waals surface area contributed by atoms with Crippen LogP contribution in [-0.4, -0.2) is 53.4 Å². The molecule has 0 fully saturated rings. The minimum absolute atomic E-state index is 0. The van der Waals surface area contributed by atoms with Crippen LogP contribution in [0.15, 0.2) is 29.3 Å². The molecule has 31 heavy (non-hydrogen) atoms. The Morgan fingerprint density at radius 2 is 1.87 bits per heavy atom. The van der Waals surface area contributed by atoms with Crippen LogP contribution in [0.2, 0.25) is 5.02 Å². The van der Waals surface area contributed by atoms with Crippen molar-refractivity contribution >= 4 is 41.5 Å². The summed E-state index contributed by atoms with van der Waals surface area (Å²) >= 11 is 6.52. The van der Waals surface area contributed by atoms with Crippen molar-refractivity contribution < 1.29 is 0 Å². The number of hydrogen-bond acceptors (Lipinski definition) is 3. The summed E-state index contributed by atoms with van der Waals surface area (Å²) in [5.74, 6) is 0.797. The number of guanidine groups is 1. The highest BCUT2D eigenvalue weighted by atomic mass is 127. The van der Waals surface area contributed by atoms with E-state index in [1.165, 1.54) is 11.3 Å². The summed E-state index contributed by atoms with van der Waals surface area (Å²) in [7, 11) is 3.80. The van der Waals surface area contributed by atoms with Crippen LogP contribution in [0.3, 0.4) is 0 Å². The largest absolute Gasteiger partial charge is 0.354 e. The number of aryl methyl sites for hydroxylation is 2. The summed E-state index contributed by atoms with van der Waals surface area (Å²) < 4.78 is 1.95. The number of hydrogen-bond donors (Lipinski definition) is 2. The predicted octanol–water partition coefficient (Wildman–Crippen LogP) is 4.49. The molecule has 0 saturated carbocycles. The fourth-order valence-corrected chi connectivity index (χ4v) is 4.20. The van der Waals surface area contributed by atoms with Crippen molar-refractivity contribution in [1.82, 2.24) is 25.3 Å². The quantitative estimate of drug-likeness (QED) is 0.270. The van der Waals surface area contributed by atoms with E-state index < -0.39 is 0 Å². The molecule has 1 aromatic carbocycles. The molecule has 8 heteroatoms. The molecule has 0 aliphatic rings. The van der Waals surface area contributed by atoms with Gasteiger partial charge in [0.05, 0.1) is 11.7 Å². The third-order valence-electron chi connectivity index (χ3n) is 5.76. The van der Waals surface area contributed by atoms with Crippen molar-refractivity contribution in [3.05, 3.63) is 51.8 Å². The number of nitrogens with zero attached hydrogens (tertiary/aromatic N) is 4. The van der Waals surface area contributed by atoms with E-state index in [0.717, 1.165) is 48.3 Å². The highest BCUT2D eigenvalue weighted by Gasteiger charge is 2.21. The lowest BCUT2D eigenvalue weighted by atomic mass is 10.0. The first kappa shape index (κ1) is 27.7. The van der Waals surface area contributed by atoms with Gasteiger partial charge in [0.15, 0.2) is 5.96 Å². The normalized spacial score (nSPS) is 13.6. The second kappa shape index (κ2) is 13.3. The van der Waals surface area contributed by atoms with Crippen LogP contribution in [-0.2, 0) is 13.5 Å². The van der Waals surface area contributed by atoms with Gasteiger partial charge in [0, 0.05) is 37.4 Å². The Kier molecular flexibility index (Phi) is 11.9. The van der Waals surface area contributed by atoms with E-state index in [-0.39, 0.29) is 36.1 Å². The van der Waals surface area contributed by atoms with Gasteiger partial charge in [-0.2, -0.15) is 5.10 Å². The molecular formula is C23H38ClIN6. The number of nitrogens with one attached hydrogen (secondary N) is 2. The third-order valence-corrected chi connectivity index (χ3v) is 6.10. The molecule has 0 aliphatic heterocycles. The molecule has 6 nitrogen and oxygen atoms in total. The summed E-state index contributed by atoms with van der Waals surface area (Å²) in [5.41, 5.74) is 4.74. The van der Waals surface area contributed by atoms with Crippen LogP contribution >= 0.6 is 35.6 Å². The van der Waals surface area contributed by atoms with Crippen molar-refractivity contribution in [2.75, 3.05) is 26.7 Å². The van der Waals surface area contributed by atoms with Crippen LogP contribution < -0.4 is 10.6 Å². The van der Waals surface area contributed by atoms with Gasteiger partial charge in [0.2, 0.25) is 0 Å².